The predicted octanol–water partition coefficient (Wildman–Crippen LogP) is 14.8. The Labute approximate surface area is 332 Å². The standard InChI is InChI=1S/C54H38N2O/c1-2-13-37(14-3-1)40-15-10-17-44(35-40)55(43-33-29-39(30-34-43)46-22-12-26-53-54(46)49-21-6-9-25-52(49)57-53)42-31-27-38(28-32-42)41-16-11-18-45(36-41)56-50-23-7-4-19-47(50)48-20-5-8-24-51(48)56/h1-36,47,50H. The van der Waals surface area contributed by atoms with Gasteiger partial charge in [-0.3, -0.25) is 0 Å². The van der Waals surface area contributed by atoms with Crippen LogP contribution >= 0.6 is 0 Å². The summed E-state index contributed by atoms with van der Waals surface area (Å²) >= 11 is 0. The second-order valence-corrected chi connectivity index (χ2v) is 14.9. The quantitative estimate of drug-likeness (QED) is 0.163. The highest BCUT2D eigenvalue weighted by Crippen LogP contribution is 2.48. The minimum absolute atomic E-state index is 0.267. The van der Waals surface area contributed by atoms with Gasteiger partial charge in [-0.1, -0.05) is 152 Å². The maximum Gasteiger partial charge on any atom is 0.136 e. The van der Waals surface area contributed by atoms with Gasteiger partial charge in [0.15, 0.2) is 0 Å². The van der Waals surface area contributed by atoms with E-state index >= 15 is 0 Å². The molecular weight excluding hydrogens is 693 g/mol. The molecule has 270 valence electrons. The lowest BCUT2D eigenvalue weighted by Gasteiger charge is -2.29. The molecule has 11 rings (SSSR count). The third kappa shape index (κ3) is 5.75. The smallest absolute Gasteiger partial charge is 0.136 e. The second kappa shape index (κ2) is 13.7. The average Bonchev–Trinajstić information content (AvgIpc) is 3.84. The van der Waals surface area contributed by atoms with Gasteiger partial charge in [0.25, 0.3) is 0 Å². The van der Waals surface area contributed by atoms with E-state index in [2.05, 4.69) is 216 Å². The fourth-order valence-corrected chi connectivity index (χ4v) is 8.94. The Balaban J connectivity index is 0.970. The Morgan fingerprint density at radius 2 is 1.07 bits per heavy atom. The molecule has 8 aromatic carbocycles. The van der Waals surface area contributed by atoms with Crippen molar-refractivity contribution >= 4 is 50.4 Å². The van der Waals surface area contributed by atoms with Crippen molar-refractivity contribution in [2.24, 2.45) is 0 Å². The zero-order chi connectivity index (χ0) is 37.7. The number of para-hydroxylation sites is 2. The molecule has 1 aromatic heterocycles. The summed E-state index contributed by atoms with van der Waals surface area (Å²) in [6.07, 6.45) is 9.03. The number of furan rings is 1. The monoisotopic (exact) mass is 730 g/mol. The SMILES string of the molecule is C1=CC2c3ccccc3N(c3cccc(-c4ccc(N(c5ccc(-c6cccc7oc8ccccc8c67)cc5)c5cccc(-c6ccccc6)c5)cc4)c3)C2C=C1. The number of hydrogen-bond acceptors (Lipinski definition) is 3. The molecule has 3 nitrogen and oxygen atoms in total. The normalized spacial score (nSPS) is 15.5. The van der Waals surface area contributed by atoms with Crippen LogP contribution in [0.1, 0.15) is 11.5 Å². The van der Waals surface area contributed by atoms with Gasteiger partial charge in [-0.25, -0.2) is 0 Å². The molecule has 0 N–H and O–H groups in total. The fraction of sp³-hybridized carbons (Fsp3) is 0.0370. The Kier molecular flexibility index (Phi) is 7.96. The number of rotatable bonds is 7. The molecule has 0 saturated heterocycles. The summed E-state index contributed by atoms with van der Waals surface area (Å²) in [5.41, 5.74) is 16.0. The van der Waals surface area contributed by atoms with E-state index in [-0.39, 0.29) is 6.04 Å². The van der Waals surface area contributed by atoms with Crippen LogP contribution in [0.15, 0.2) is 223 Å². The van der Waals surface area contributed by atoms with Crippen molar-refractivity contribution in [1.82, 2.24) is 0 Å². The van der Waals surface area contributed by atoms with E-state index in [1.54, 1.807) is 0 Å². The van der Waals surface area contributed by atoms with Crippen LogP contribution in [0.25, 0.3) is 55.3 Å². The first kappa shape index (κ1) is 33.0. The number of fused-ring (bicyclic) bond motifs is 6. The second-order valence-electron chi connectivity index (χ2n) is 14.9. The zero-order valence-electron chi connectivity index (χ0n) is 31.2. The summed E-state index contributed by atoms with van der Waals surface area (Å²) < 4.78 is 6.23. The lowest BCUT2D eigenvalue weighted by Crippen LogP contribution is -2.28. The molecule has 1 aliphatic heterocycles. The van der Waals surface area contributed by atoms with Crippen molar-refractivity contribution in [2.45, 2.75) is 12.0 Å². The molecule has 2 aliphatic rings. The molecule has 0 bridgehead atoms. The van der Waals surface area contributed by atoms with Crippen molar-refractivity contribution in [3.05, 3.63) is 224 Å². The molecule has 0 saturated carbocycles. The third-order valence-electron chi connectivity index (χ3n) is 11.6. The molecular formula is C54H38N2O. The van der Waals surface area contributed by atoms with Gasteiger partial charge in [0.05, 0.1) is 6.04 Å². The van der Waals surface area contributed by atoms with Crippen LogP contribution in [0.5, 0.6) is 0 Å². The van der Waals surface area contributed by atoms with E-state index in [4.69, 9.17) is 4.42 Å². The van der Waals surface area contributed by atoms with Crippen molar-refractivity contribution in [1.29, 1.82) is 0 Å². The fourth-order valence-electron chi connectivity index (χ4n) is 8.94. The Morgan fingerprint density at radius 3 is 1.91 bits per heavy atom. The summed E-state index contributed by atoms with van der Waals surface area (Å²) in [4.78, 5) is 4.85. The average molecular weight is 731 g/mol. The van der Waals surface area contributed by atoms with E-state index in [1.807, 2.05) is 12.1 Å². The molecule has 2 heterocycles. The zero-order valence-corrected chi connectivity index (χ0v) is 31.2. The lowest BCUT2D eigenvalue weighted by atomic mass is 9.91. The van der Waals surface area contributed by atoms with Crippen LogP contribution in [-0.2, 0) is 0 Å². The molecule has 0 fully saturated rings. The molecule has 2 atom stereocenters. The molecule has 3 heteroatoms. The van der Waals surface area contributed by atoms with Crippen LogP contribution in [0, 0.1) is 0 Å². The van der Waals surface area contributed by atoms with Gasteiger partial charge in [-0.2, -0.15) is 0 Å². The van der Waals surface area contributed by atoms with E-state index in [0.29, 0.717) is 5.92 Å². The summed E-state index contributed by atoms with van der Waals surface area (Å²) in [5, 5.41) is 2.28. The number of benzene rings is 8. The van der Waals surface area contributed by atoms with E-state index < -0.39 is 0 Å². The van der Waals surface area contributed by atoms with Crippen molar-refractivity contribution in [2.75, 3.05) is 9.80 Å². The number of nitrogens with zero attached hydrogens (tertiary/aromatic N) is 2. The molecule has 0 radical (unpaired) electrons. The van der Waals surface area contributed by atoms with E-state index in [0.717, 1.165) is 50.1 Å². The minimum atomic E-state index is 0.267. The maximum atomic E-state index is 6.23. The molecule has 0 amide bonds. The highest BCUT2D eigenvalue weighted by Gasteiger charge is 2.37. The Bertz CT molecular complexity index is 2970. The maximum absolute atomic E-state index is 6.23. The molecule has 9 aromatic rings. The molecule has 57 heavy (non-hydrogen) atoms. The van der Waals surface area contributed by atoms with E-state index in [9.17, 15) is 0 Å². The number of anilines is 5. The van der Waals surface area contributed by atoms with Gasteiger partial charge in [0.1, 0.15) is 11.2 Å². The molecule has 2 unspecified atom stereocenters. The molecule has 1 aliphatic carbocycles. The van der Waals surface area contributed by atoms with Gasteiger partial charge in [0.2, 0.25) is 0 Å². The van der Waals surface area contributed by atoms with E-state index in [1.165, 1.54) is 39.2 Å². The minimum Gasteiger partial charge on any atom is -0.456 e. The van der Waals surface area contributed by atoms with Crippen LogP contribution < -0.4 is 9.80 Å². The van der Waals surface area contributed by atoms with Crippen molar-refractivity contribution in [3.8, 4) is 33.4 Å². The van der Waals surface area contributed by atoms with Crippen LogP contribution in [0.2, 0.25) is 0 Å². The predicted molar refractivity (Wildman–Crippen MR) is 238 cm³/mol. The highest BCUT2D eigenvalue weighted by atomic mass is 16.3. The molecule has 0 spiro atoms. The van der Waals surface area contributed by atoms with Crippen molar-refractivity contribution in [3.63, 3.8) is 0 Å². The van der Waals surface area contributed by atoms with Crippen LogP contribution in [-0.4, -0.2) is 6.04 Å². The first-order chi connectivity index (χ1) is 28.3. The number of allylic oxidation sites excluding steroid dienone is 2. The summed E-state index contributed by atoms with van der Waals surface area (Å²) in [6, 6.07) is 70.1. The largest absolute Gasteiger partial charge is 0.456 e. The summed E-state index contributed by atoms with van der Waals surface area (Å²) in [6.45, 7) is 0. The Morgan fingerprint density at radius 1 is 0.439 bits per heavy atom. The third-order valence-corrected chi connectivity index (χ3v) is 11.6. The van der Waals surface area contributed by atoms with Gasteiger partial charge < -0.3 is 14.2 Å². The Hall–Kier alpha value is -7.36. The summed E-state index contributed by atoms with van der Waals surface area (Å²) in [7, 11) is 0. The first-order valence-electron chi connectivity index (χ1n) is 19.7. The van der Waals surface area contributed by atoms with Crippen molar-refractivity contribution < 1.29 is 4.42 Å². The summed E-state index contributed by atoms with van der Waals surface area (Å²) in [5.74, 6) is 0.355. The van der Waals surface area contributed by atoms with Gasteiger partial charge in [0, 0.05) is 45.1 Å². The topological polar surface area (TPSA) is 19.6 Å². The highest BCUT2D eigenvalue weighted by molar-refractivity contribution is 6.12. The van der Waals surface area contributed by atoms with Crippen LogP contribution in [0.4, 0.5) is 28.4 Å². The van der Waals surface area contributed by atoms with Gasteiger partial charge in [-0.05, 0) is 106 Å². The van der Waals surface area contributed by atoms with Gasteiger partial charge >= 0.3 is 0 Å². The first-order valence-corrected chi connectivity index (χ1v) is 19.7. The van der Waals surface area contributed by atoms with Crippen LogP contribution in [0.3, 0.4) is 0 Å². The number of hydrogen-bond donors (Lipinski definition) is 0. The van der Waals surface area contributed by atoms with Gasteiger partial charge in [-0.15, -0.1) is 0 Å². The lowest BCUT2D eigenvalue weighted by molar-refractivity contribution is 0.669.